The second-order valence-electron chi connectivity index (χ2n) is 5.44. The molecule has 6 nitrogen and oxygen atoms in total. The van der Waals surface area contributed by atoms with Gasteiger partial charge in [-0.25, -0.2) is 14.6 Å². The van der Waals surface area contributed by atoms with E-state index in [1.807, 2.05) is 24.0 Å². The van der Waals surface area contributed by atoms with Crippen molar-refractivity contribution in [3.8, 4) is 0 Å². The van der Waals surface area contributed by atoms with Crippen LogP contribution in [-0.4, -0.2) is 48.9 Å². The summed E-state index contributed by atoms with van der Waals surface area (Å²) >= 11 is 0. The zero-order valence-electron chi connectivity index (χ0n) is 13.0. The Labute approximate surface area is 136 Å². The number of aryl methyl sites for hydroxylation is 1. The number of carbonyl (C=O) groups excluding carboxylic acids is 2. The summed E-state index contributed by atoms with van der Waals surface area (Å²) in [6.45, 7) is 2.13. The number of alkyl halides is 3. The minimum Gasteiger partial charge on any atom is -0.460 e. The molecule has 1 fully saturated rings. The van der Waals surface area contributed by atoms with Crippen LogP contribution in [0.15, 0.2) is 18.3 Å². The molecule has 0 N–H and O–H groups in total. The lowest BCUT2D eigenvalue weighted by atomic mass is 10.1. The number of ether oxygens (including phenoxy) is 2. The normalized spacial score (nSPS) is 15.9. The Morgan fingerprint density at radius 1 is 1.33 bits per heavy atom. The van der Waals surface area contributed by atoms with Crippen LogP contribution < -0.4 is 4.90 Å². The van der Waals surface area contributed by atoms with Crippen LogP contribution in [0.4, 0.5) is 19.0 Å². The highest BCUT2D eigenvalue weighted by atomic mass is 19.4. The molecule has 1 aliphatic rings. The zero-order valence-corrected chi connectivity index (χ0v) is 13.0. The fraction of sp³-hybridized carbons (Fsp3) is 0.533. The molecule has 0 saturated carbocycles. The summed E-state index contributed by atoms with van der Waals surface area (Å²) in [5.41, 5.74) is 1.08. The van der Waals surface area contributed by atoms with Crippen LogP contribution in [0.25, 0.3) is 0 Å². The monoisotopic (exact) mass is 346 g/mol. The third-order valence-corrected chi connectivity index (χ3v) is 3.52. The molecule has 0 amide bonds. The highest BCUT2D eigenvalue weighted by Gasteiger charge is 2.41. The number of pyridine rings is 1. The maximum absolute atomic E-state index is 12.0. The quantitative estimate of drug-likeness (QED) is 0.777. The summed E-state index contributed by atoms with van der Waals surface area (Å²) in [4.78, 5) is 28.3. The Kier molecular flexibility index (Phi) is 5.63. The first-order valence-corrected chi connectivity index (χ1v) is 7.37. The minimum atomic E-state index is -5.12. The highest BCUT2D eigenvalue weighted by molar-refractivity contribution is 5.79. The average Bonchev–Trinajstić information content (AvgIpc) is 2.52. The number of esters is 2. The Balaban J connectivity index is 1.75. The molecule has 0 aromatic carbocycles. The van der Waals surface area contributed by atoms with Gasteiger partial charge in [0.1, 0.15) is 11.9 Å². The fourth-order valence-electron chi connectivity index (χ4n) is 2.32. The van der Waals surface area contributed by atoms with Gasteiger partial charge < -0.3 is 14.4 Å². The van der Waals surface area contributed by atoms with Crippen molar-refractivity contribution in [2.75, 3.05) is 24.6 Å². The zero-order chi connectivity index (χ0) is 17.7. The Morgan fingerprint density at radius 2 is 2.00 bits per heavy atom. The topological polar surface area (TPSA) is 68.7 Å². The van der Waals surface area contributed by atoms with Crippen molar-refractivity contribution < 1.29 is 32.2 Å². The van der Waals surface area contributed by atoms with Crippen molar-refractivity contribution in [1.82, 2.24) is 4.98 Å². The van der Waals surface area contributed by atoms with Gasteiger partial charge in [0, 0.05) is 32.1 Å². The van der Waals surface area contributed by atoms with Crippen LogP contribution >= 0.6 is 0 Å². The molecule has 2 rings (SSSR count). The number of anilines is 1. The first-order chi connectivity index (χ1) is 11.3. The molecule has 1 aliphatic heterocycles. The standard InChI is InChI=1S/C15H17F3N2O4/c1-10-2-5-19-12(8-10)20-6-3-11(4-7-20)24-13(21)9-23-14(22)15(16,17)18/h2,5,8,11H,3-4,6-7,9H2,1H3. The van der Waals surface area contributed by atoms with Gasteiger partial charge in [-0.2, -0.15) is 13.2 Å². The maximum atomic E-state index is 12.0. The number of carbonyl (C=O) groups is 2. The van der Waals surface area contributed by atoms with Crippen molar-refractivity contribution in [1.29, 1.82) is 0 Å². The van der Waals surface area contributed by atoms with E-state index in [1.54, 1.807) is 6.20 Å². The predicted molar refractivity (Wildman–Crippen MR) is 77.3 cm³/mol. The number of hydrogen-bond donors (Lipinski definition) is 0. The van der Waals surface area contributed by atoms with Crippen molar-refractivity contribution in [3.63, 3.8) is 0 Å². The van der Waals surface area contributed by atoms with E-state index in [1.165, 1.54) is 0 Å². The number of nitrogens with zero attached hydrogens (tertiary/aromatic N) is 2. The lowest BCUT2D eigenvalue weighted by molar-refractivity contribution is -0.202. The molecule has 0 aliphatic carbocycles. The summed E-state index contributed by atoms with van der Waals surface area (Å²) < 4.78 is 44.7. The Hall–Kier alpha value is -2.32. The van der Waals surface area contributed by atoms with Crippen LogP contribution in [0, 0.1) is 6.92 Å². The third-order valence-electron chi connectivity index (χ3n) is 3.52. The summed E-state index contributed by atoms with van der Waals surface area (Å²) in [5, 5.41) is 0. The summed E-state index contributed by atoms with van der Waals surface area (Å²) in [6.07, 6.45) is -2.77. The van der Waals surface area contributed by atoms with Gasteiger partial charge in [0.15, 0.2) is 6.61 Å². The number of piperidine rings is 1. The molecule has 0 bridgehead atoms. The number of halogens is 3. The second kappa shape index (κ2) is 7.50. The van der Waals surface area contributed by atoms with E-state index < -0.39 is 30.8 Å². The maximum Gasteiger partial charge on any atom is 0.490 e. The van der Waals surface area contributed by atoms with E-state index in [0.29, 0.717) is 25.9 Å². The highest BCUT2D eigenvalue weighted by Crippen LogP contribution is 2.20. The van der Waals surface area contributed by atoms with Crippen LogP contribution in [-0.2, 0) is 19.1 Å². The van der Waals surface area contributed by atoms with Crippen LogP contribution in [0.5, 0.6) is 0 Å². The van der Waals surface area contributed by atoms with Gasteiger partial charge in [-0.15, -0.1) is 0 Å². The Bertz CT molecular complexity index is 599. The van der Waals surface area contributed by atoms with Gasteiger partial charge >= 0.3 is 18.1 Å². The smallest absolute Gasteiger partial charge is 0.460 e. The van der Waals surface area contributed by atoms with E-state index in [0.717, 1.165) is 11.4 Å². The number of hydrogen-bond acceptors (Lipinski definition) is 6. The van der Waals surface area contributed by atoms with Crippen LogP contribution in [0.3, 0.4) is 0 Å². The SMILES string of the molecule is Cc1ccnc(N2CCC(OC(=O)COC(=O)C(F)(F)F)CC2)c1. The first kappa shape index (κ1) is 18.0. The molecular weight excluding hydrogens is 329 g/mol. The summed E-state index contributed by atoms with van der Waals surface area (Å²) in [6, 6.07) is 3.84. The molecule has 1 aromatic heterocycles. The van der Waals surface area contributed by atoms with Gasteiger partial charge in [-0.05, 0) is 24.6 Å². The van der Waals surface area contributed by atoms with Crippen molar-refractivity contribution in [3.05, 3.63) is 23.9 Å². The molecule has 9 heteroatoms. The second-order valence-corrected chi connectivity index (χ2v) is 5.44. The van der Waals surface area contributed by atoms with Gasteiger partial charge in [0.05, 0.1) is 0 Å². The third kappa shape index (κ3) is 5.10. The molecule has 132 valence electrons. The molecular formula is C15H17F3N2O4. The van der Waals surface area contributed by atoms with E-state index in [2.05, 4.69) is 9.72 Å². The van der Waals surface area contributed by atoms with Crippen LogP contribution in [0.2, 0.25) is 0 Å². The van der Waals surface area contributed by atoms with Gasteiger partial charge in [-0.1, -0.05) is 0 Å². The van der Waals surface area contributed by atoms with Crippen molar-refractivity contribution >= 4 is 17.8 Å². The molecule has 0 spiro atoms. The van der Waals surface area contributed by atoms with Gasteiger partial charge in [0.25, 0.3) is 0 Å². The minimum absolute atomic E-state index is 0.414. The predicted octanol–water partition coefficient (Wildman–Crippen LogP) is 2.01. The van der Waals surface area contributed by atoms with E-state index in [-0.39, 0.29) is 0 Å². The number of rotatable bonds is 4. The molecule has 24 heavy (non-hydrogen) atoms. The van der Waals surface area contributed by atoms with Gasteiger partial charge in [0.2, 0.25) is 0 Å². The average molecular weight is 346 g/mol. The largest absolute Gasteiger partial charge is 0.490 e. The Morgan fingerprint density at radius 3 is 2.58 bits per heavy atom. The van der Waals surface area contributed by atoms with Crippen molar-refractivity contribution in [2.24, 2.45) is 0 Å². The lowest BCUT2D eigenvalue weighted by Gasteiger charge is -2.32. The van der Waals surface area contributed by atoms with Crippen molar-refractivity contribution in [2.45, 2.75) is 32.0 Å². The van der Waals surface area contributed by atoms with E-state index in [9.17, 15) is 22.8 Å². The summed E-state index contributed by atoms with van der Waals surface area (Å²) in [5.74, 6) is -2.56. The molecule has 0 unspecified atom stereocenters. The molecule has 0 radical (unpaired) electrons. The van der Waals surface area contributed by atoms with Gasteiger partial charge in [-0.3, -0.25) is 0 Å². The number of aromatic nitrogens is 1. The molecule has 1 aromatic rings. The summed E-state index contributed by atoms with van der Waals surface area (Å²) in [7, 11) is 0. The van der Waals surface area contributed by atoms with Crippen LogP contribution in [0.1, 0.15) is 18.4 Å². The van der Waals surface area contributed by atoms with E-state index >= 15 is 0 Å². The first-order valence-electron chi connectivity index (χ1n) is 7.37. The lowest BCUT2D eigenvalue weighted by Crippen LogP contribution is -2.39. The molecule has 0 atom stereocenters. The van der Waals surface area contributed by atoms with E-state index in [4.69, 9.17) is 4.74 Å². The molecule has 2 heterocycles. The molecule has 1 saturated heterocycles. The fourth-order valence-corrected chi connectivity index (χ4v) is 2.32.